The molecule has 1 aliphatic rings. The summed E-state index contributed by atoms with van der Waals surface area (Å²) in [6.45, 7) is 12.3. The fourth-order valence-electron chi connectivity index (χ4n) is 5.04. The maximum Gasteiger partial charge on any atom is 0.460 e. The van der Waals surface area contributed by atoms with E-state index in [4.69, 9.17) is 40.7 Å². The van der Waals surface area contributed by atoms with E-state index in [2.05, 4.69) is 0 Å². The van der Waals surface area contributed by atoms with Gasteiger partial charge in [-0.3, -0.25) is 4.52 Å². The van der Waals surface area contributed by atoms with Crippen LogP contribution in [-0.2, 0) is 4.52 Å². The van der Waals surface area contributed by atoms with E-state index in [0.29, 0.717) is 35.2 Å². The van der Waals surface area contributed by atoms with Crippen molar-refractivity contribution in [3.8, 4) is 28.7 Å². The second kappa shape index (κ2) is 15.3. The van der Waals surface area contributed by atoms with Gasteiger partial charge in [-0.15, -0.1) is 9.03 Å². The third-order valence-electron chi connectivity index (χ3n) is 7.21. The van der Waals surface area contributed by atoms with Crippen LogP contribution in [0.5, 0.6) is 28.7 Å². The van der Waals surface area contributed by atoms with Crippen LogP contribution in [0.25, 0.3) is 0 Å². The average Bonchev–Trinajstić information content (AvgIpc) is 3.03. The predicted octanol–water partition coefficient (Wildman–Crippen LogP) is 13.2. The molecule has 0 spiro atoms. The molecule has 0 N–H and O–H groups in total. The Balaban J connectivity index is 1.70. The van der Waals surface area contributed by atoms with Gasteiger partial charge < -0.3 is 22.6 Å². The molecule has 0 fully saturated rings. The topological polar surface area (TPSA) is 92.5 Å². The van der Waals surface area contributed by atoms with Crippen LogP contribution in [0.1, 0.15) is 41.2 Å². The van der Waals surface area contributed by atoms with E-state index < -0.39 is 23.0 Å². The first-order chi connectivity index (χ1) is 24.0. The van der Waals surface area contributed by atoms with Crippen molar-refractivity contribution in [3.63, 3.8) is 0 Å². The van der Waals surface area contributed by atoms with Crippen molar-refractivity contribution < 1.29 is 27.1 Å². The van der Waals surface area contributed by atoms with Gasteiger partial charge in [-0.05, 0) is 130 Å². The minimum atomic E-state index is -3.85. The molecule has 50 heavy (non-hydrogen) atoms. The number of aryl methyl sites for hydroxylation is 5. The van der Waals surface area contributed by atoms with Crippen LogP contribution >= 0.6 is 23.0 Å². The molecule has 0 saturated heterocycles. The van der Waals surface area contributed by atoms with Gasteiger partial charge in [0.05, 0.1) is 6.61 Å². The molecule has 1 atom stereocenters. The van der Waals surface area contributed by atoms with Gasteiger partial charge in [-0.25, -0.2) is 0 Å². The van der Waals surface area contributed by atoms with Crippen LogP contribution in [-0.4, -0.2) is 6.61 Å². The molecular formula is C38H42N3O6P3. The monoisotopic (exact) mass is 729 g/mol. The Morgan fingerprint density at radius 1 is 0.400 bits per heavy atom. The molecule has 0 radical (unpaired) electrons. The molecule has 0 amide bonds. The standard InChI is InChI=1S/C38H42N3O6P3/c1-7-23-42-48(43-34-18-8-13-29(2)24-34)39-49(44-35-19-9-14-30(3)25-35,45-36-20-10-15-31(4)26-36)41-50(40-48,46-37-21-11-16-32(5)27-37)47-38-22-12-17-33(6)28-38/h8-22,24-28H,7,23H2,1-6H3. The van der Waals surface area contributed by atoms with E-state index in [-0.39, 0.29) is 6.61 Å². The van der Waals surface area contributed by atoms with Gasteiger partial charge in [0.15, 0.2) is 0 Å². The zero-order chi connectivity index (χ0) is 35.2. The number of benzene rings is 5. The minimum absolute atomic E-state index is 0.288. The second-order valence-corrected chi connectivity index (χ2v) is 18.4. The third kappa shape index (κ3) is 9.10. The molecule has 5 aromatic carbocycles. The second-order valence-electron chi connectivity index (χ2n) is 12.1. The van der Waals surface area contributed by atoms with Gasteiger partial charge >= 0.3 is 23.0 Å². The van der Waals surface area contributed by atoms with Crippen molar-refractivity contribution in [1.82, 2.24) is 0 Å². The number of hydrogen-bond acceptors (Lipinski definition) is 9. The summed E-state index contributed by atoms with van der Waals surface area (Å²) in [7, 11) is -11.4. The maximum absolute atomic E-state index is 6.87. The summed E-state index contributed by atoms with van der Waals surface area (Å²) in [6.07, 6.45) is 0.674. The van der Waals surface area contributed by atoms with Crippen LogP contribution in [0.3, 0.4) is 0 Å². The molecule has 12 heteroatoms. The lowest BCUT2D eigenvalue weighted by atomic mass is 10.2. The molecule has 0 bridgehead atoms. The lowest BCUT2D eigenvalue weighted by Crippen LogP contribution is -2.10. The summed E-state index contributed by atoms with van der Waals surface area (Å²) < 4.78 is 56.7. The van der Waals surface area contributed by atoms with Crippen molar-refractivity contribution in [2.45, 2.75) is 48.0 Å². The summed E-state index contributed by atoms with van der Waals surface area (Å²) in [6, 6.07) is 38.3. The summed E-state index contributed by atoms with van der Waals surface area (Å²) in [5.41, 5.74) is 4.96. The van der Waals surface area contributed by atoms with Crippen LogP contribution in [0.4, 0.5) is 0 Å². The van der Waals surface area contributed by atoms with Gasteiger partial charge in [-0.2, -0.15) is 0 Å². The molecule has 1 aliphatic heterocycles. The zero-order valence-corrected chi connectivity index (χ0v) is 31.8. The van der Waals surface area contributed by atoms with Crippen molar-refractivity contribution in [2.24, 2.45) is 13.5 Å². The normalized spacial score (nSPS) is 17.3. The largest absolute Gasteiger partial charge is 0.460 e. The first kappa shape index (κ1) is 35.6. The van der Waals surface area contributed by atoms with E-state index in [1.807, 2.05) is 163 Å². The smallest absolute Gasteiger partial charge is 0.422 e. The van der Waals surface area contributed by atoms with Crippen LogP contribution in [0.15, 0.2) is 135 Å². The van der Waals surface area contributed by atoms with Crippen molar-refractivity contribution in [3.05, 3.63) is 149 Å². The SMILES string of the molecule is CCCOP1(Oc2cccc(C)c2)=NP(Oc2cccc(C)c2)(Oc2cccc(C)c2)=NP(Oc2cccc(C)c2)(Oc2cccc(C)c2)=N1. The Bertz CT molecular complexity index is 1970. The van der Waals surface area contributed by atoms with Crippen molar-refractivity contribution >= 4 is 23.0 Å². The van der Waals surface area contributed by atoms with Crippen LogP contribution < -0.4 is 22.6 Å². The number of nitrogens with zero attached hydrogens (tertiary/aromatic N) is 3. The van der Waals surface area contributed by atoms with Crippen molar-refractivity contribution in [2.75, 3.05) is 6.61 Å². The molecule has 6 rings (SSSR count). The molecule has 5 aromatic rings. The molecule has 9 nitrogen and oxygen atoms in total. The number of hydrogen-bond donors (Lipinski definition) is 0. The van der Waals surface area contributed by atoms with E-state index >= 15 is 0 Å². The fraction of sp³-hybridized carbons (Fsp3) is 0.211. The van der Waals surface area contributed by atoms with E-state index in [0.717, 1.165) is 27.8 Å². The van der Waals surface area contributed by atoms with E-state index in [1.54, 1.807) is 0 Å². The number of rotatable bonds is 13. The predicted molar refractivity (Wildman–Crippen MR) is 203 cm³/mol. The fourth-order valence-corrected chi connectivity index (χ4v) is 14.2. The summed E-state index contributed by atoms with van der Waals surface area (Å²) in [5, 5.41) is 0. The molecule has 260 valence electrons. The lowest BCUT2D eigenvalue weighted by Gasteiger charge is -2.33. The van der Waals surface area contributed by atoms with Gasteiger partial charge in [0.25, 0.3) is 0 Å². The summed E-state index contributed by atoms with van der Waals surface area (Å²) in [5.74, 6) is 2.56. The van der Waals surface area contributed by atoms with Gasteiger partial charge in [0.2, 0.25) is 0 Å². The molecule has 0 aromatic heterocycles. The van der Waals surface area contributed by atoms with Crippen LogP contribution in [0, 0.1) is 34.6 Å². The Labute approximate surface area is 295 Å². The highest BCUT2D eigenvalue weighted by Crippen LogP contribution is 2.79. The molecule has 1 unspecified atom stereocenters. The third-order valence-corrected chi connectivity index (χ3v) is 15.4. The Kier molecular flexibility index (Phi) is 10.9. The van der Waals surface area contributed by atoms with E-state index in [9.17, 15) is 0 Å². The molecule has 1 heterocycles. The van der Waals surface area contributed by atoms with Gasteiger partial charge in [0.1, 0.15) is 28.7 Å². The Morgan fingerprint density at radius 3 is 0.940 bits per heavy atom. The Hall–Kier alpha value is -4.25. The highest BCUT2D eigenvalue weighted by atomic mass is 31.3. The minimum Gasteiger partial charge on any atom is -0.422 e. The van der Waals surface area contributed by atoms with E-state index in [1.165, 1.54) is 0 Å². The Morgan fingerprint density at radius 2 is 0.660 bits per heavy atom. The quantitative estimate of drug-likeness (QED) is 0.112. The first-order valence-corrected chi connectivity index (χ1v) is 21.0. The zero-order valence-electron chi connectivity index (χ0n) is 29.1. The maximum atomic E-state index is 6.87. The lowest BCUT2D eigenvalue weighted by molar-refractivity contribution is 0.304. The van der Waals surface area contributed by atoms with Gasteiger partial charge in [-0.1, -0.05) is 72.1 Å². The van der Waals surface area contributed by atoms with Crippen molar-refractivity contribution in [1.29, 1.82) is 0 Å². The molecule has 0 aliphatic carbocycles. The highest BCUT2D eigenvalue weighted by molar-refractivity contribution is 7.79. The van der Waals surface area contributed by atoms with Gasteiger partial charge in [0, 0.05) is 0 Å². The highest BCUT2D eigenvalue weighted by Gasteiger charge is 2.48. The summed E-state index contributed by atoms with van der Waals surface area (Å²) in [4.78, 5) is 0. The van der Waals surface area contributed by atoms with Crippen LogP contribution in [0.2, 0.25) is 0 Å². The molecular weight excluding hydrogens is 687 g/mol. The average molecular weight is 730 g/mol. The first-order valence-electron chi connectivity index (χ1n) is 16.4. The molecule has 0 saturated carbocycles. The summed E-state index contributed by atoms with van der Waals surface area (Å²) >= 11 is 0.